The van der Waals surface area contributed by atoms with Crippen molar-refractivity contribution in [3.8, 4) is 0 Å². The first-order chi connectivity index (χ1) is 8.01. The lowest BCUT2D eigenvalue weighted by Crippen LogP contribution is -2.09. The molecule has 1 rings (SSSR count). The number of sulfone groups is 2. The predicted molar refractivity (Wildman–Crippen MR) is 67.0 cm³/mol. The fourth-order valence-corrected chi connectivity index (χ4v) is 3.99. The van der Waals surface area contributed by atoms with Crippen LogP contribution in [0.4, 0.5) is 0 Å². The van der Waals surface area contributed by atoms with E-state index < -0.39 is 19.7 Å². The lowest BCUT2D eigenvalue weighted by atomic mass is 10.1. The van der Waals surface area contributed by atoms with Gasteiger partial charge in [0, 0.05) is 18.9 Å². The van der Waals surface area contributed by atoms with Crippen molar-refractivity contribution >= 4 is 25.5 Å². The molecule has 7 heteroatoms. The third-order valence-electron chi connectivity index (χ3n) is 2.26. The third-order valence-corrected chi connectivity index (χ3v) is 4.68. The van der Waals surface area contributed by atoms with E-state index in [0.717, 1.165) is 12.5 Å². The Morgan fingerprint density at radius 3 is 1.89 bits per heavy atom. The van der Waals surface area contributed by atoms with E-state index >= 15 is 0 Å². The van der Waals surface area contributed by atoms with E-state index in [0.29, 0.717) is 5.56 Å². The van der Waals surface area contributed by atoms with E-state index in [9.17, 15) is 21.6 Å². The summed E-state index contributed by atoms with van der Waals surface area (Å²) in [6.45, 7) is 1.38. The maximum Gasteiger partial charge on any atom is 0.176 e. The Morgan fingerprint density at radius 2 is 1.50 bits per heavy atom. The molecule has 0 unspecified atom stereocenters. The molecule has 1 aromatic carbocycles. The highest BCUT2D eigenvalue weighted by Crippen LogP contribution is 2.22. The zero-order valence-electron chi connectivity index (χ0n) is 10.3. The number of carbonyl (C=O) groups excluding carboxylic acids is 1. The average Bonchev–Trinajstić information content (AvgIpc) is 2.13. The van der Waals surface area contributed by atoms with Crippen LogP contribution in [0, 0.1) is 0 Å². The monoisotopic (exact) mass is 290 g/mol. The minimum atomic E-state index is -3.67. The molecular formula is C11H14O5S2. The van der Waals surface area contributed by atoms with Gasteiger partial charge < -0.3 is 0 Å². The van der Waals surface area contributed by atoms with Crippen molar-refractivity contribution in [2.45, 2.75) is 23.1 Å². The lowest BCUT2D eigenvalue weighted by molar-refractivity contribution is -0.116. The molecule has 0 amide bonds. The molecule has 0 aliphatic carbocycles. The second-order valence-electron chi connectivity index (χ2n) is 4.20. The molecule has 0 spiro atoms. The standard InChI is InChI=1S/C11H14O5S2/c1-8(12)6-9-4-5-10(17(2,13)14)11(7-9)18(3,15)16/h4-5,7H,6H2,1-3H3. The van der Waals surface area contributed by atoms with Crippen molar-refractivity contribution in [3.05, 3.63) is 23.8 Å². The van der Waals surface area contributed by atoms with Gasteiger partial charge in [-0.25, -0.2) is 16.8 Å². The number of carbonyl (C=O) groups is 1. The number of ketones is 1. The number of hydrogen-bond donors (Lipinski definition) is 0. The summed E-state index contributed by atoms with van der Waals surface area (Å²) < 4.78 is 46.2. The Bertz CT molecular complexity index is 684. The van der Waals surface area contributed by atoms with Crippen molar-refractivity contribution in [2.24, 2.45) is 0 Å². The van der Waals surface area contributed by atoms with Gasteiger partial charge in [0.05, 0.1) is 9.79 Å². The maximum absolute atomic E-state index is 11.6. The van der Waals surface area contributed by atoms with Gasteiger partial charge in [0.2, 0.25) is 0 Å². The molecule has 100 valence electrons. The summed E-state index contributed by atoms with van der Waals surface area (Å²) in [5, 5.41) is 0. The summed E-state index contributed by atoms with van der Waals surface area (Å²) in [5.41, 5.74) is 0.482. The van der Waals surface area contributed by atoms with Gasteiger partial charge in [0.1, 0.15) is 5.78 Å². The molecule has 18 heavy (non-hydrogen) atoms. The number of Topliss-reactive ketones (excluding diaryl/α,β-unsaturated/α-hetero) is 1. The normalized spacial score (nSPS) is 12.4. The van der Waals surface area contributed by atoms with E-state index in [-0.39, 0.29) is 22.0 Å². The van der Waals surface area contributed by atoms with E-state index in [1.807, 2.05) is 0 Å². The largest absolute Gasteiger partial charge is 0.300 e. The highest BCUT2D eigenvalue weighted by atomic mass is 32.2. The smallest absolute Gasteiger partial charge is 0.176 e. The first-order valence-corrected chi connectivity index (χ1v) is 8.82. The van der Waals surface area contributed by atoms with Gasteiger partial charge in [0.15, 0.2) is 19.7 Å². The van der Waals surface area contributed by atoms with Crippen LogP contribution in [-0.4, -0.2) is 35.1 Å². The molecule has 0 bridgehead atoms. The van der Waals surface area contributed by atoms with Crippen LogP contribution in [0.1, 0.15) is 12.5 Å². The highest BCUT2D eigenvalue weighted by Gasteiger charge is 2.21. The number of rotatable bonds is 4. The summed E-state index contributed by atoms with van der Waals surface area (Å²) in [6.07, 6.45) is 1.96. The molecule has 0 fully saturated rings. The molecule has 0 aliphatic rings. The van der Waals surface area contributed by atoms with Crippen LogP contribution in [0.5, 0.6) is 0 Å². The maximum atomic E-state index is 11.6. The van der Waals surface area contributed by atoms with Crippen LogP contribution in [-0.2, 0) is 30.9 Å². The van der Waals surface area contributed by atoms with Crippen LogP contribution in [0.3, 0.4) is 0 Å². The fraction of sp³-hybridized carbons (Fsp3) is 0.364. The zero-order valence-corrected chi connectivity index (χ0v) is 11.9. The Hall–Kier alpha value is -1.21. The summed E-state index contributed by atoms with van der Waals surface area (Å²) in [7, 11) is -7.29. The first kappa shape index (κ1) is 14.8. The van der Waals surface area contributed by atoms with Crippen LogP contribution in [0.2, 0.25) is 0 Å². The van der Waals surface area contributed by atoms with Gasteiger partial charge in [0.25, 0.3) is 0 Å². The van der Waals surface area contributed by atoms with Crippen molar-refractivity contribution in [2.75, 3.05) is 12.5 Å². The summed E-state index contributed by atoms with van der Waals surface area (Å²) >= 11 is 0. The topological polar surface area (TPSA) is 85.3 Å². The lowest BCUT2D eigenvalue weighted by Gasteiger charge is -2.08. The summed E-state index contributed by atoms with van der Waals surface area (Å²) in [5.74, 6) is -0.124. The second-order valence-corrected chi connectivity index (χ2v) is 8.17. The Balaban J connectivity index is 3.55. The highest BCUT2D eigenvalue weighted by molar-refractivity contribution is 7.93. The summed E-state index contributed by atoms with van der Waals surface area (Å²) in [6, 6.07) is 3.92. The quantitative estimate of drug-likeness (QED) is 0.811. The van der Waals surface area contributed by atoms with E-state index in [1.54, 1.807) is 0 Å². The van der Waals surface area contributed by atoms with Crippen molar-refractivity contribution in [1.82, 2.24) is 0 Å². The van der Waals surface area contributed by atoms with Crippen LogP contribution in [0.25, 0.3) is 0 Å². The Labute approximate surface area is 107 Å². The van der Waals surface area contributed by atoms with Crippen molar-refractivity contribution in [1.29, 1.82) is 0 Å². The van der Waals surface area contributed by atoms with Crippen LogP contribution in [0.15, 0.2) is 28.0 Å². The SMILES string of the molecule is CC(=O)Cc1ccc(S(C)(=O)=O)c(S(C)(=O)=O)c1. The molecule has 0 atom stereocenters. The van der Waals surface area contributed by atoms with E-state index in [1.165, 1.54) is 25.1 Å². The molecular weight excluding hydrogens is 276 g/mol. The number of benzene rings is 1. The van der Waals surface area contributed by atoms with E-state index in [4.69, 9.17) is 0 Å². The molecule has 0 saturated carbocycles. The average molecular weight is 290 g/mol. The van der Waals surface area contributed by atoms with Gasteiger partial charge in [-0.1, -0.05) is 6.07 Å². The van der Waals surface area contributed by atoms with E-state index in [2.05, 4.69) is 0 Å². The molecule has 0 saturated heterocycles. The Kier molecular flexibility index (Phi) is 3.97. The molecule has 0 aliphatic heterocycles. The fourth-order valence-electron chi connectivity index (χ4n) is 1.55. The molecule has 1 aromatic rings. The van der Waals surface area contributed by atoms with Gasteiger partial charge in [-0.2, -0.15) is 0 Å². The Morgan fingerprint density at radius 1 is 1.00 bits per heavy atom. The minimum absolute atomic E-state index is 0.0760. The number of hydrogen-bond acceptors (Lipinski definition) is 5. The van der Waals surface area contributed by atoms with Gasteiger partial charge >= 0.3 is 0 Å². The second kappa shape index (κ2) is 4.81. The predicted octanol–water partition coefficient (Wildman–Crippen LogP) is 0.625. The van der Waals surface area contributed by atoms with Gasteiger partial charge in [-0.05, 0) is 24.6 Å². The molecule has 0 radical (unpaired) electrons. The first-order valence-electron chi connectivity index (χ1n) is 5.04. The van der Waals surface area contributed by atoms with Gasteiger partial charge in [-0.15, -0.1) is 0 Å². The summed E-state index contributed by atoms with van der Waals surface area (Å²) in [4.78, 5) is 10.5. The third kappa shape index (κ3) is 3.64. The molecule has 5 nitrogen and oxygen atoms in total. The molecule has 0 heterocycles. The molecule has 0 aromatic heterocycles. The van der Waals surface area contributed by atoms with Crippen LogP contribution >= 0.6 is 0 Å². The van der Waals surface area contributed by atoms with Gasteiger partial charge in [-0.3, -0.25) is 4.79 Å². The van der Waals surface area contributed by atoms with Crippen molar-refractivity contribution < 1.29 is 21.6 Å². The zero-order chi connectivity index (χ0) is 14.1. The molecule has 0 N–H and O–H groups in total. The van der Waals surface area contributed by atoms with Crippen molar-refractivity contribution in [3.63, 3.8) is 0 Å². The van der Waals surface area contributed by atoms with Crippen LogP contribution < -0.4 is 0 Å². The minimum Gasteiger partial charge on any atom is -0.300 e.